The van der Waals surface area contributed by atoms with Crippen LogP contribution in [-0.2, 0) is 17.9 Å². The number of amides is 3. The number of urea groups is 1. The van der Waals surface area contributed by atoms with E-state index in [0.29, 0.717) is 17.9 Å². The minimum atomic E-state index is -0.589. The largest absolute Gasteiger partial charge is 0.488 e. The fourth-order valence-corrected chi connectivity index (χ4v) is 3.89. The molecule has 5 rings (SSSR count). The maximum atomic E-state index is 14.0. The number of carbonyl (C=O) groups excluding carboxylic acids is 2. The van der Waals surface area contributed by atoms with Crippen molar-refractivity contribution >= 4 is 28.8 Å². The zero-order valence-electron chi connectivity index (χ0n) is 18.2. The van der Waals surface area contributed by atoms with Crippen LogP contribution < -0.4 is 10.1 Å². The number of halogens is 1. The van der Waals surface area contributed by atoms with E-state index >= 15 is 0 Å². The second kappa shape index (κ2) is 9.19. The van der Waals surface area contributed by atoms with Crippen molar-refractivity contribution in [2.45, 2.75) is 13.2 Å². The van der Waals surface area contributed by atoms with Crippen molar-refractivity contribution in [1.29, 1.82) is 0 Å². The van der Waals surface area contributed by atoms with Gasteiger partial charge in [-0.2, -0.15) is 0 Å². The summed E-state index contributed by atoms with van der Waals surface area (Å²) in [6, 6.07) is 27.0. The Hall–Kier alpha value is -4.45. The lowest BCUT2D eigenvalue weighted by Crippen LogP contribution is -2.30. The van der Waals surface area contributed by atoms with E-state index in [9.17, 15) is 14.0 Å². The molecule has 0 spiro atoms. The molecule has 5 nitrogen and oxygen atoms in total. The molecule has 3 amide bonds. The molecule has 4 aromatic rings. The van der Waals surface area contributed by atoms with Gasteiger partial charge in [0, 0.05) is 11.1 Å². The van der Waals surface area contributed by atoms with E-state index in [1.807, 2.05) is 42.5 Å². The predicted molar refractivity (Wildman–Crippen MR) is 128 cm³/mol. The summed E-state index contributed by atoms with van der Waals surface area (Å²) in [5.74, 6) is -0.400. The number of nitrogens with zero attached hydrogens (tertiary/aromatic N) is 1. The zero-order chi connectivity index (χ0) is 23.5. The monoisotopic (exact) mass is 452 g/mol. The van der Waals surface area contributed by atoms with Gasteiger partial charge in [-0.1, -0.05) is 72.8 Å². The van der Waals surface area contributed by atoms with Gasteiger partial charge < -0.3 is 10.1 Å². The second-order valence-electron chi connectivity index (χ2n) is 7.98. The van der Waals surface area contributed by atoms with Crippen molar-refractivity contribution in [2.24, 2.45) is 0 Å². The van der Waals surface area contributed by atoms with Crippen LogP contribution in [0, 0.1) is 5.82 Å². The van der Waals surface area contributed by atoms with Gasteiger partial charge in [-0.25, -0.2) is 9.18 Å². The van der Waals surface area contributed by atoms with Crippen LogP contribution in [0.25, 0.3) is 16.8 Å². The first-order valence-electron chi connectivity index (χ1n) is 10.9. The quantitative estimate of drug-likeness (QED) is 0.304. The predicted octanol–water partition coefficient (Wildman–Crippen LogP) is 5.65. The number of hydrogen-bond donors (Lipinski definition) is 1. The van der Waals surface area contributed by atoms with Gasteiger partial charge in [-0.15, -0.1) is 0 Å². The highest BCUT2D eigenvalue weighted by atomic mass is 19.1. The molecule has 4 aromatic carbocycles. The Labute approximate surface area is 196 Å². The van der Waals surface area contributed by atoms with Crippen LogP contribution in [-0.4, -0.2) is 16.8 Å². The van der Waals surface area contributed by atoms with Crippen LogP contribution >= 0.6 is 0 Å². The number of nitrogens with one attached hydrogen (secondary N) is 1. The molecule has 1 aliphatic rings. The Morgan fingerprint density at radius 1 is 0.853 bits per heavy atom. The summed E-state index contributed by atoms with van der Waals surface area (Å²) in [7, 11) is 0. The fraction of sp³-hybridized carbons (Fsp3) is 0.0714. The van der Waals surface area contributed by atoms with Crippen molar-refractivity contribution in [3.05, 3.63) is 119 Å². The van der Waals surface area contributed by atoms with Gasteiger partial charge >= 0.3 is 6.03 Å². The lowest BCUT2D eigenvalue weighted by atomic mass is 10.1. The van der Waals surface area contributed by atoms with Gasteiger partial charge in [0.1, 0.15) is 23.9 Å². The third-order valence-corrected chi connectivity index (χ3v) is 5.68. The molecule has 0 saturated carbocycles. The molecule has 0 aliphatic carbocycles. The zero-order valence-corrected chi connectivity index (χ0v) is 18.2. The van der Waals surface area contributed by atoms with E-state index in [0.717, 1.165) is 21.2 Å². The molecule has 168 valence electrons. The summed E-state index contributed by atoms with van der Waals surface area (Å²) >= 11 is 0. The maximum absolute atomic E-state index is 14.0. The molecular formula is C28H21FN2O3. The number of carbonyl (C=O) groups is 2. The number of rotatable bonds is 6. The molecule has 0 radical (unpaired) electrons. The smallest absolute Gasteiger partial charge is 0.329 e. The molecular weight excluding hydrogens is 431 g/mol. The SMILES string of the molecule is O=C1N/C(=C/c2ccccc2OCc2ccc3ccccc3c2)C(=O)N1Cc1ccccc1F. The Morgan fingerprint density at radius 3 is 2.44 bits per heavy atom. The van der Waals surface area contributed by atoms with Crippen molar-refractivity contribution in [2.75, 3.05) is 0 Å². The van der Waals surface area contributed by atoms with Gasteiger partial charge in [-0.05, 0) is 40.6 Å². The lowest BCUT2D eigenvalue weighted by molar-refractivity contribution is -0.123. The normalized spacial score (nSPS) is 14.6. The topological polar surface area (TPSA) is 58.6 Å². The number of hydrogen-bond acceptors (Lipinski definition) is 3. The molecule has 1 heterocycles. The molecule has 0 unspecified atom stereocenters. The number of ether oxygens (including phenoxy) is 1. The molecule has 1 aliphatic heterocycles. The van der Waals surface area contributed by atoms with Crippen molar-refractivity contribution < 1.29 is 18.7 Å². The molecule has 1 N–H and O–H groups in total. The standard InChI is InChI=1S/C28H21FN2O3/c29-24-11-5-3-10-23(24)17-31-27(32)25(30-28(31)33)16-22-9-4-6-12-26(22)34-18-19-13-14-20-7-1-2-8-21(20)15-19/h1-16H,17-18H2,(H,30,33)/b25-16+. The van der Waals surface area contributed by atoms with Crippen molar-refractivity contribution in [1.82, 2.24) is 10.2 Å². The first kappa shape index (κ1) is 21.4. The minimum absolute atomic E-state index is 0.114. The molecule has 6 heteroatoms. The summed E-state index contributed by atoms with van der Waals surface area (Å²) in [6.07, 6.45) is 1.58. The third kappa shape index (κ3) is 4.38. The fourth-order valence-electron chi connectivity index (χ4n) is 3.89. The third-order valence-electron chi connectivity index (χ3n) is 5.68. The average molecular weight is 452 g/mol. The van der Waals surface area contributed by atoms with Crippen LogP contribution in [0.4, 0.5) is 9.18 Å². The molecule has 0 bridgehead atoms. The van der Waals surface area contributed by atoms with Gasteiger partial charge in [0.2, 0.25) is 0 Å². The minimum Gasteiger partial charge on any atom is -0.488 e. The molecule has 34 heavy (non-hydrogen) atoms. The summed E-state index contributed by atoms with van der Waals surface area (Å²) in [5, 5.41) is 4.88. The maximum Gasteiger partial charge on any atom is 0.329 e. The Bertz CT molecular complexity index is 1430. The van der Waals surface area contributed by atoms with Crippen LogP contribution in [0.3, 0.4) is 0 Å². The highest BCUT2D eigenvalue weighted by Gasteiger charge is 2.34. The van der Waals surface area contributed by atoms with Crippen molar-refractivity contribution in [3.63, 3.8) is 0 Å². The Kier molecular flexibility index (Phi) is 5.79. The lowest BCUT2D eigenvalue weighted by Gasteiger charge is -2.12. The van der Waals surface area contributed by atoms with Gasteiger partial charge in [0.15, 0.2) is 0 Å². The average Bonchev–Trinajstić information content (AvgIpc) is 3.12. The second-order valence-corrected chi connectivity index (χ2v) is 7.98. The summed E-state index contributed by atoms with van der Waals surface area (Å²) in [6.45, 7) is 0.208. The van der Waals surface area contributed by atoms with E-state index in [2.05, 4.69) is 29.6 Å². The molecule has 1 fully saturated rings. The van der Waals surface area contributed by atoms with E-state index in [1.54, 1.807) is 24.3 Å². The van der Waals surface area contributed by atoms with E-state index < -0.39 is 17.8 Å². The summed E-state index contributed by atoms with van der Waals surface area (Å²) in [4.78, 5) is 26.3. The highest BCUT2D eigenvalue weighted by molar-refractivity contribution is 6.14. The van der Waals surface area contributed by atoms with Crippen molar-refractivity contribution in [3.8, 4) is 5.75 Å². The van der Waals surface area contributed by atoms with Crippen LogP contribution in [0.15, 0.2) is 96.7 Å². The van der Waals surface area contributed by atoms with Crippen LogP contribution in [0.1, 0.15) is 16.7 Å². The Balaban J connectivity index is 1.34. The number of imide groups is 1. The van der Waals surface area contributed by atoms with Crippen LogP contribution in [0.5, 0.6) is 5.75 Å². The summed E-state index contributed by atoms with van der Waals surface area (Å²) in [5.41, 5.74) is 2.05. The van der Waals surface area contributed by atoms with E-state index in [4.69, 9.17) is 4.74 Å². The molecule has 0 atom stereocenters. The Morgan fingerprint density at radius 2 is 1.59 bits per heavy atom. The number of fused-ring (bicyclic) bond motifs is 1. The van der Waals surface area contributed by atoms with E-state index in [-0.39, 0.29) is 17.8 Å². The molecule has 1 saturated heterocycles. The number of benzene rings is 4. The first-order chi connectivity index (χ1) is 16.6. The summed E-state index contributed by atoms with van der Waals surface area (Å²) < 4.78 is 20.1. The van der Waals surface area contributed by atoms with E-state index in [1.165, 1.54) is 6.07 Å². The number of para-hydroxylation sites is 1. The highest BCUT2D eigenvalue weighted by Crippen LogP contribution is 2.25. The van der Waals surface area contributed by atoms with Gasteiger partial charge in [0.05, 0.1) is 6.54 Å². The first-order valence-corrected chi connectivity index (χ1v) is 10.9. The van der Waals surface area contributed by atoms with Gasteiger partial charge in [0.25, 0.3) is 5.91 Å². The van der Waals surface area contributed by atoms with Gasteiger partial charge in [-0.3, -0.25) is 9.69 Å². The molecule has 0 aromatic heterocycles. The van der Waals surface area contributed by atoms with Crippen LogP contribution in [0.2, 0.25) is 0 Å².